The predicted molar refractivity (Wildman–Crippen MR) is 90.6 cm³/mol. The average molecular weight is 314 g/mol. The summed E-state index contributed by atoms with van der Waals surface area (Å²) in [7, 11) is 3.17. The number of para-hydroxylation sites is 2. The lowest BCUT2D eigenvalue weighted by Gasteiger charge is -2.13. The van der Waals surface area contributed by atoms with Crippen molar-refractivity contribution in [3.05, 3.63) is 53.6 Å². The Morgan fingerprint density at radius 2 is 1.78 bits per heavy atom. The van der Waals surface area contributed by atoms with E-state index < -0.39 is 0 Å². The Morgan fingerprint density at radius 1 is 1.04 bits per heavy atom. The molecular formula is C18H22N2O3. The normalized spacial score (nSPS) is 10.2. The highest BCUT2D eigenvalue weighted by molar-refractivity contribution is 5.76. The molecular weight excluding hydrogens is 292 g/mol. The first-order valence-electron chi connectivity index (χ1n) is 7.45. The molecule has 0 radical (unpaired) electrons. The second-order valence-electron chi connectivity index (χ2n) is 5.13. The minimum Gasteiger partial charge on any atom is -0.493 e. The summed E-state index contributed by atoms with van der Waals surface area (Å²) in [5, 5.41) is 2.90. The van der Waals surface area contributed by atoms with Crippen molar-refractivity contribution in [1.82, 2.24) is 5.32 Å². The topological polar surface area (TPSA) is 73.6 Å². The largest absolute Gasteiger partial charge is 0.493 e. The molecule has 23 heavy (non-hydrogen) atoms. The molecule has 0 saturated carbocycles. The minimum atomic E-state index is -0.0295. The van der Waals surface area contributed by atoms with E-state index in [0.29, 0.717) is 30.9 Å². The van der Waals surface area contributed by atoms with E-state index in [4.69, 9.17) is 15.2 Å². The molecule has 0 heterocycles. The van der Waals surface area contributed by atoms with E-state index in [1.807, 2.05) is 42.5 Å². The van der Waals surface area contributed by atoms with Gasteiger partial charge in [0.05, 0.1) is 14.2 Å². The lowest BCUT2D eigenvalue weighted by molar-refractivity contribution is -0.121. The molecule has 5 heteroatoms. The van der Waals surface area contributed by atoms with Gasteiger partial charge in [-0.25, -0.2) is 0 Å². The lowest BCUT2D eigenvalue weighted by atomic mass is 10.1. The van der Waals surface area contributed by atoms with Gasteiger partial charge in [0.1, 0.15) is 0 Å². The van der Waals surface area contributed by atoms with Gasteiger partial charge in [0.2, 0.25) is 5.91 Å². The number of nitrogens with one attached hydrogen (secondary N) is 1. The van der Waals surface area contributed by atoms with Crippen molar-refractivity contribution in [2.24, 2.45) is 0 Å². The van der Waals surface area contributed by atoms with E-state index in [1.54, 1.807) is 14.2 Å². The number of nitrogen functional groups attached to an aromatic ring is 1. The number of carbonyl (C=O) groups is 1. The van der Waals surface area contributed by atoms with Gasteiger partial charge in [-0.15, -0.1) is 0 Å². The Bertz CT molecular complexity index is 671. The lowest BCUT2D eigenvalue weighted by Crippen LogP contribution is -2.23. The number of amides is 1. The standard InChI is InChI=1S/C18H22N2O3/c1-22-16-9-5-7-14(18(16)23-2)12-20-17(21)11-10-13-6-3-4-8-15(13)19/h3-9H,10-12,19H2,1-2H3,(H,20,21). The molecule has 0 spiro atoms. The van der Waals surface area contributed by atoms with Crippen LogP contribution in [0, 0.1) is 0 Å². The number of nitrogens with two attached hydrogens (primary N) is 1. The van der Waals surface area contributed by atoms with Crippen LogP contribution in [0.15, 0.2) is 42.5 Å². The second kappa shape index (κ2) is 8.08. The van der Waals surface area contributed by atoms with Crippen LogP contribution in [0.5, 0.6) is 11.5 Å². The summed E-state index contributed by atoms with van der Waals surface area (Å²) in [6.07, 6.45) is 1.01. The number of carbonyl (C=O) groups excluding carboxylic acids is 1. The highest BCUT2D eigenvalue weighted by Crippen LogP contribution is 2.30. The Balaban J connectivity index is 1.91. The minimum absolute atomic E-state index is 0.0295. The molecule has 1 amide bonds. The molecule has 0 saturated heterocycles. The number of rotatable bonds is 7. The average Bonchev–Trinajstić information content (AvgIpc) is 2.58. The van der Waals surface area contributed by atoms with Gasteiger partial charge >= 0.3 is 0 Å². The fraction of sp³-hybridized carbons (Fsp3) is 0.278. The summed E-state index contributed by atoms with van der Waals surface area (Å²) >= 11 is 0. The van der Waals surface area contributed by atoms with E-state index in [1.165, 1.54) is 0 Å². The molecule has 2 aromatic carbocycles. The molecule has 2 rings (SSSR count). The van der Waals surface area contributed by atoms with E-state index in [-0.39, 0.29) is 5.91 Å². The SMILES string of the molecule is COc1cccc(CNC(=O)CCc2ccccc2N)c1OC. The molecule has 0 aliphatic heterocycles. The number of aryl methyl sites for hydroxylation is 1. The number of hydrogen-bond acceptors (Lipinski definition) is 4. The van der Waals surface area contributed by atoms with E-state index in [0.717, 1.165) is 16.8 Å². The van der Waals surface area contributed by atoms with Crippen LogP contribution >= 0.6 is 0 Å². The molecule has 0 atom stereocenters. The maximum atomic E-state index is 12.0. The van der Waals surface area contributed by atoms with E-state index >= 15 is 0 Å². The summed E-state index contributed by atoms with van der Waals surface area (Å²) in [4.78, 5) is 12.0. The Labute approximate surface area is 136 Å². The molecule has 0 unspecified atom stereocenters. The molecule has 122 valence electrons. The summed E-state index contributed by atoms with van der Waals surface area (Å²) in [6, 6.07) is 13.2. The van der Waals surface area contributed by atoms with Crippen molar-refractivity contribution in [1.29, 1.82) is 0 Å². The summed E-state index contributed by atoms with van der Waals surface area (Å²) in [6.45, 7) is 0.392. The number of ether oxygens (including phenoxy) is 2. The van der Waals surface area contributed by atoms with Gasteiger partial charge in [0.15, 0.2) is 11.5 Å². The van der Waals surface area contributed by atoms with Crippen LogP contribution in [0.1, 0.15) is 17.5 Å². The smallest absolute Gasteiger partial charge is 0.220 e. The molecule has 0 aromatic heterocycles. The highest BCUT2D eigenvalue weighted by Gasteiger charge is 2.10. The zero-order valence-corrected chi connectivity index (χ0v) is 13.5. The van der Waals surface area contributed by atoms with Gasteiger partial charge < -0.3 is 20.5 Å². The van der Waals surface area contributed by atoms with Crippen LogP contribution in [-0.4, -0.2) is 20.1 Å². The number of hydrogen-bond donors (Lipinski definition) is 2. The van der Waals surface area contributed by atoms with Crippen LogP contribution < -0.4 is 20.5 Å². The summed E-state index contributed by atoms with van der Waals surface area (Å²) in [5.74, 6) is 1.26. The number of methoxy groups -OCH3 is 2. The quantitative estimate of drug-likeness (QED) is 0.770. The molecule has 0 aliphatic carbocycles. The third-order valence-corrected chi connectivity index (χ3v) is 3.64. The van der Waals surface area contributed by atoms with E-state index in [9.17, 15) is 4.79 Å². The highest BCUT2D eigenvalue weighted by atomic mass is 16.5. The maximum Gasteiger partial charge on any atom is 0.220 e. The van der Waals surface area contributed by atoms with Crippen molar-refractivity contribution >= 4 is 11.6 Å². The Kier molecular flexibility index (Phi) is 5.86. The van der Waals surface area contributed by atoms with Gasteiger partial charge in [0, 0.05) is 24.2 Å². The summed E-state index contributed by atoms with van der Waals surface area (Å²) in [5.41, 5.74) is 8.46. The van der Waals surface area contributed by atoms with Crippen molar-refractivity contribution < 1.29 is 14.3 Å². The van der Waals surface area contributed by atoms with Gasteiger partial charge in [-0.05, 0) is 24.1 Å². The summed E-state index contributed by atoms with van der Waals surface area (Å²) < 4.78 is 10.6. The van der Waals surface area contributed by atoms with Crippen LogP contribution in [0.25, 0.3) is 0 Å². The molecule has 0 bridgehead atoms. The van der Waals surface area contributed by atoms with Gasteiger partial charge in [-0.1, -0.05) is 30.3 Å². The van der Waals surface area contributed by atoms with Crippen molar-refractivity contribution in [2.45, 2.75) is 19.4 Å². The molecule has 3 N–H and O–H groups in total. The van der Waals surface area contributed by atoms with Gasteiger partial charge in [0.25, 0.3) is 0 Å². The zero-order chi connectivity index (χ0) is 16.7. The van der Waals surface area contributed by atoms with Crippen LogP contribution in [0.2, 0.25) is 0 Å². The predicted octanol–water partition coefficient (Wildman–Crippen LogP) is 2.54. The Hall–Kier alpha value is -2.69. The second-order valence-corrected chi connectivity index (χ2v) is 5.13. The van der Waals surface area contributed by atoms with E-state index in [2.05, 4.69) is 5.32 Å². The maximum absolute atomic E-state index is 12.0. The fourth-order valence-corrected chi connectivity index (χ4v) is 2.39. The Morgan fingerprint density at radius 3 is 2.48 bits per heavy atom. The zero-order valence-electron chi connectivity index (χ0n) is 13.5. The van der Waals surface area contributed by atoms with Crippen molar-refractivity contribution in [3.63, 3.8) is 0 Å². The molecule has 0 fully saturated rings. The van der Waals surface area contributed by atoms with Gasteiger partial charge in [-0.2, -0.15) is 0 Å². The van der Waals surface area contributed by atoms with Crippen molar-refractivity contribution in [2.75, 3.05) is 20.0 Å². The third kappa shape index (κ3) is 4.39. The fourth-order valence-electron chi connectivity index (χ4n) is 2.39. The molecule has 5 nitrogen and oxygen atoms in total. The van der Waals surface area contributed by atoms with Crippen LogP contribution in [0.4, 0.5) is 5.69 Å². The first kappa shape index (κ1) is 16.7. The van der Waals surface area contributed by atoms with Crippen molar-refractivity contribution in [3.8, 4) is 11.5 Å². The number of benzene rings is 2. The molecule has 2 aromatic rings. The first-order chi connectivity index (χ1) is 11.2. The van der Waals surface area contributed by atoms with Gasteiger partial charge in [-0.3, -0.25) is 4.79 Å². The van der Waals surface area contributed by atoms with Crippen LogP contribution in [0.3, 0.4) is 0 Å². The van der Waals surface area contributed by atoms with Crippen LogP contribution in [-0.2, 0) is 17.8 Å². The monoisotopic (exact) mass is 314 g/mol. The third-order valence-electron chi connectivity index (χ3n) is 3.64. The molecule has 0 aliphatic rings. The first-order valence-corrected chi connectivity index (χ1v) is 7.45. The number of anilines is 1.